The fourth-order valence-electron chi connectivity index (χ4n) is 1.82. The molecule has 1 N–H and O–H groups in total. The highest BCUT2D eigenvalue weighted by molar-refractivity contribution is 5.66. The molecule has 120 valence electrons. The lowest BCUT2D eigenvalue weighted by atomic mass is 10.1. The number of nitriles is 1. The van der Waals surface area contributed by atoms with Gasteiger partial charge in [0.2, 0.25) is 0 Å². The van der Waals surface area contributed by atoms with Crippen LogP contribution < -0.4 is 4.74 Å². The SMILES string of the molecule is N#CCOc1ccc(C(O)C(F)(F)F)nc1-c1ccc(F)cc1. The van der Waals surface area contributed by atoms with E-state index < -0.39 is 23.8 Å². The molecule has 0 radical (unpaired) electrons. The Morgan fingerprint density at radius 2 is 1.83 bits per heavy atom. The predicted molar refractivity (Wildman–Crippen MR) is 71.8 cm³/mol. The number of benzene rings is 1. The van der Waals surface area contributed by atoms with E-state index in [0.29, 0.717) is 0 Å². The number of pyridine rings is 1. The standard InChI is InChI=1S/C15H10F4N2O2/c16-10-3-1-9(2-4-10)13-12(23-8-7-20)6-5-11(21-13)14(22)15(17,18)19/h1-6,14,22H,8H2. The molecule has 2 rings (SSSR count). The zero-order valence-electron chi connectivity index (χ0n) is 11.5. The number of hydrogen-bond donors (Lipinski definition) is 1. The minimum absolute atomic E-state index is 0.0268. The van der Waals surface area contributed by atoms with Crippen LogP contribution in [-0.2, 0) is 0 Å². The largest absolute Gasteiger partial charge is 0.476 e. The summed E-state index contributed by atoms with van der Waals surface area (Å²) in [4.78, 5) is 3.77. The summed E-state index contributed by atoms with van der Waals surface area (Å²) < 4.78 is 55.9. The van der Waals surface area contributed by atoms with Crippen molar-refractivity contribution >= 4 is 0 Å². The molecule has 0 saturated carbocycles. The normalized spacial score (nSPS) is 12.5. The monoisotopic (exact) mass is 326 g/mol. The Morgan fingerprint density at radius 3 is 2.39 bits per heavy atom. The summed E-state index contributed by atoms with van der Waals surface area (Å²) in [7, 11) is 0. The summed E-state index contributed by atoms with van der Waals surface area (Å²) in [5.74, 6) is -0.476. The fourth-order valence-corrected chi connectivity index (χ4v) is 1.82. The Labute approximate surface area is 128 Å². The van der Waals surface area contributed by atoms with Gasteiger partial charge in [0.15, 0.2) is 12.7 Å². The van der Waals surface area contributed by atoms with Crippen LogP contribution in [0.25, 0.3) is 11.3 Å². The zero-order valence-corrected chi connectivity index (χ0v) is 11.5. The van der Waals surface area contributed by atoms with Crippen LogP contribution in [0.1, 0.15) is 11.8 Å². The number of aromatic nitrogens is 1. The van der Waals surface area contributed by atoms with E-state index in [1.165, 1.54) is 18.2 Å². The molecular formula is C15H10F4N2O2. The van der Waals surface area contributed by atoms with Crippen LogP contribution in [0.4, 0.5) is 17.6 Å². The van der Waals surface area contributed by atoms with Gasteiger partial charge >= 0.3 is 6.18 Å². The number of alkyl halides is 3. The second kappa shape index (κ2) is 6.62. The molecule has 0 aliphatic rings. The van der Waals surface area contributed by atoms with Gasteiger partial charge in [0.25, 0.3) is 0 Å². The Kier molecular flexibility index (Phi) is 4.81. The van der Waals surface area contributed by atoms with Crippen molar-refractivity contribution in [1.29, 1.82) is 5.26 Å². The topological polar surface area (TPSA) is 66.1 Å². The molecule has 0 saturated heterocycles. The van der Waals surface area contributed by atoms with Gasteiger partial charge in [0.1, 0.15) is 23.3 Å². The number of rotatable bonds is 4. The van der Waals surface area contributed by atoms with E-state index >= 15 is 0 Å². The van der Waals surface area contributed by atoms with Crippen molar-refractivity contribution < 1.29 is 27.4 Å². The molecule has 23 heavy (non-hydrogen) atoms. The van der Waals surface area contributed by atoms with Gasteiger partial charge in [-0.05, 0) is 36.4 Å². The lowest BCUT2D eigenvalue weighted by Crippen LogP contribution is -2.21. The highest BCUT2D eigenvalue weighted by Gasteiger charge is 2.40. The highest BCUT2D eigenvalue weighted by Crippen LogP contribution is 2.35. The highest BCUT2D eigenvalue weighted by atomic mass is 19.4. The van der Waals surface area contributed by atoms with Gasteiger partial charge in [0, 0.05) is 5.56 Å². The molecule has 0 aliphatic heterocycles. The summed E-state index contributed by atoms with van der Waals surface area (Å²) in [5.41, 5.74) is -0.363. The van der Waals surface area contributed by atoms with E-state index in [1.54, 1.807) is 6.07 Å². The maximum absolute atomic E-state index is 13.0. The van der Waals surface area contributed by atoms with Crippen LogP contribution in [0.15, 0.2) is 36.4 Å². The molecule has 1 heterocycles. The first kappa shape index (κ1) is 16.7. The minimum atomic E-state index is -4.87. The zero-order chi connectivity index (χ0) is 17.0. The number of nitrogens with zero attached hydrogens (tertiary/aromatic N) is 2. The third-order valence-electron chi connectivity index (χ3n) is 2.88. The third kappa shape index (κ3) is 3.96. The molecule has 2 aromatic rings. The number of ether oxygens (including phenoxy) is 1. The Bertz CT molecular complexity index is 724. The van der Waals surface area contributed by atoms with Gasteiger partial charge < -0.3 is 9.84 Å². The Hall–Kier alpha value is -2.66. The predicted octanol–water partition coefficient (Wildman–Crippen LogP) is 3.39. The minimum Gasteiger partial charge on any atom is -0.476 e. The van der Waals surface area contributed by atoms with Gasteiger partial charge in [0.05, 0.1) is 5.69 Å². The van der Waals surface area contributed by atoms with E-state index in [-0.39, 0.29) is 23.6 Å². The van der Waals surface area contributed by atoms with Gasteiger partial charge in [-0.25, -0.2) is 9.37 Å². The summed E-state index contributed by atoms with van der Waals surface area (Å²) in [6.45, 7) is -0.336. The first-order chi connectivity index (χ1) is 10.8. The third-order valence-corrected chi connectivity index (χ3v) is 2.88. The molecule has 1 aromatic heterocycles. The molecule has 0 bridgehead atoms. The maximum atomic E-state index is 13.0. The molecule has 0 spiro atoms. The van der Waals surface area contributed by atoms with Crippen LogP contribution >= 0.6 is 0 Å². The van der Waals surface area contributed by atoms with Crippen molar-refractivity contribution in [2.75, 3.05) is 6.61 Å². The molecular weight excluding hydrogens is 316 g/mol. The van der Waals surface area contributed by atoms with E-state index in [2.05, 4.69) is 4.98 Å². The first-order valence-corrected chi connectivity index (χ1v) is 6.34. The van der Waals surface area contributed by atoms with E-state index in [0.717, 1.165) is 18.2 Å². The second-order valence-corrected chi connectivity index (χ2v) is 4.48. The Morgan fingerprint density at radius 1 is 1.17 bits per heavy atom. The average molecular weight is 326 g/mol. The van der Waals surface area contributed by atoms with Gasteiger partial charge in [-0.1, -0.05) is 0 Å². The van der Waals surface area contributed by atoms with Crippen LogP contribution in [0, 0.1) is 17.1 Å². The Balaban J connectivity index is 2.50. The fraction of sp³-hybridized carbons (Fsp3) is 0.200. The molecule has 1 unspecified atom stereocenters. The number of aliphatic hydroxyl groups is 1. The van der Waals surface area contributed by atoms with Crippen LogP contribution in [0.2, 0.25) is 0 Å². The quantitative estimate of drug-likeness (QED) is 0.875. The van der Waals surface area contributed by atoms with Gasteiger partial charge in [-0.2, -0.15) is 18.4 Å². The van der Waals surface area contributed by atoms with Crippen molar-refractivity contribution in [3.05, 3.63) is 47.9 Å². The van der Waals surface area contributed by atoms with Crippen LogP contribution in [0.3, 0.4) is 0 Å². The average Bonchev–Trinajstić information content (AvgIpc) is 2.52. The molecule has 1 aromatic carbocycles. The molecule has 0 fully saturated rings. The lowest BCUT2D eigenvalue weighted by Gasteiger charge is -2.16. The van der Waals surface area contributed by atoms with E-state index in [9.17, 15) is 22.7 Å². The number of hydrogen-bond acceptors (Lipinski definition) is 4. The summed E-state index contributed by atoms with van der Waals surface area (Å²) in [5, 5.41) is 17.8. The maximum Gasteiger partial charge on any atom is 0.420 e. The summed E-state index contributed by atoms with van der Waals surface area (Å²) in [6.07, 6.45) is -7.63. The van der Waals surface area contributed by atoms with E-state index in [4.69, 9.17) is 10.00 Å². The molecule has 0 amide bonds. The second-order valence-electron chi connectivity index (χ2n) is 4.48. The van der Waals surface area contributed by atoms with E-state index in [1.807, 2.05) is 0 Å². The van der Waals surface area contributed by atoms with Crippen molar-refractivity contribution in [2.45, 2.75) is 12.3 Å². The van der Waals surface area contributed by atoms with Crippen LogP contribution in [-0.4, -0.2) is 22.9 Å². The first-order valence-electron chi connectivity index (χ1n) is 6.34. The number of halogens is 4. The van der Waals surface area contributed by atoms with Crippen molar-refractivity contribution in [3.63, 3.8) is 0 Å². The van der Waals surface area contributed by atoms with Crippen molar-refractivity contribution in [2.24, 2.45) is 0 Å². The van der Waals surface area contributed by atoms with Crippen molar-refractivity contribution in [1.82, 2.24) is 4.98 Å². The molecule has 4 nitrogen and oxygen atoms in total. The lowest BCUT2D eigenvalue weighted by molar-refractivity contribution is -0.207. The smallest absolute Gasteiger partial charge is 0.420 e. The van der Waals surface area contributed by atoms with Crippen LogP contribution in [0.5, 0.6) is 5.75 Å². The van der Waals surface area contributed by atoms with Crippen molar-refractivity contribution in [3.8, 4) is 23.1 Å². The summed E-state index contributed by atoms with van der Waals surface area (Å²) in [6, 6.07) is 8.69. The summed E-state index contributed by atoms with van der Waals surface area (Å²) >= 11 is 0. The number of aliphatic hydroxyl groups excluding tert-OH is 1. The molecule has 1 atom stereocenters. The molecule has 8 heteroatoms. The molecule has 0 aliphatic carbocycles. The van der Waals surface area contributed by atoms with Gasteiger partial charge in [-0.15, -0.1) is 0 Å². The van der Waals surface area contributed by atoms with Gasteiger partial charge in [-0.3, -0.25) is 0 Å².